The minimum atomic E-state index is -3.82. The maximum absolute atomic E-state index is 12.1. The van der Waals surface area contributed by atoms with E-state index in [1.54, 1.807) is 6.92 Å². The molecule has 0 aliphatic carbocycles. The van der Waals surface area contributed by atoms with Crippen LogP contribution in [-0.4, -0.2) is 42.4 Å². The average molecular weight is 329 g/mol. The largest absolute Gasteiger partial charge is 0.393 e. The molecule has 108 valence electrons. The van der Waals surface area contributed by atoms with Crippen LogP contribution in [-0.2, 0) is 10.0 Å². The van der Waals surface area contributed by atoms with Gasteiger partial charge in [0.15, 0.2) is 4.34 Å². The average Bonchev–Trinajstić information content (AvgIpc) is 2.68. The molecule has 0 aliphatic rings. The third kappa shape index (κ3) is 3.86. The summed E-state index contributed by atoms with van der Waals surface area (Å²) in [5, 5.41) is 19.8. The molecule has 0 radical (unpaired) electrons. The molecule has 0 fully saturated rings. The lowest BCUT2D eigenvalue weighted by molar-refractivity contribution is -0.384. The lowest BCUT2D eigenvalue weighted by Crippen LogP contribution is -2.29. The molecule has 7 nitrogen and oxygen atoms in total. The standard InChI is InChI=1S/C9H13ClN2O5S2/c1-6(13)3-4-11(2)19(16,17)8-5-7(12(14)15)9(10)18-8/h5-6,13H,3-4H2,1-2H3. The Kier molecular flexibility index (Phi) is 5.27. The van der Waals surface area contributed by atoms with Gasteiger partial charge in [0.05, 0.1) is 11.0 Å². The number of aliphatic hydroxyl groups excluding tert-OH is 1. The lowest BCUT2D eigenvalue weighted by Gasteiger charge is -2.16. The summed E-state index contributed by atoms with van der Waals surface area (Å²) in [6.07, 6.45) is -0.351. The molecule has 0 bridgehead atoms. The Bertz CT molecular complexity index is 569. The minimum Gasteiger partial charge on any atom is -0.393 e. The molecule has 1 atom stereocenters. The van der Waals surface area contributed by atoms with Crippen LogP contribution >= 0.6 is 22.9 Å². The van der Waals surface area contributed by atoms with Gasteiger partial charge in [-0.1, -0.05) is 11.6 Å². The zero-order chi connectivity index (χ0) is 14.8. The molecule has 1 aromatic heterocycles. The summed E-state index contributed by atoms with van der Waals surface area (Å²) in [5.74, 6) is 0. The van der Waals surface area contributed by atoms with Crippen molar-refractivity contribution in [3.05, 3.63) is 20.5 Å². The normalized spacial score (nSPS) is 13.7. The van der Waals surface area contributed by atoms with E-state index in [9.17, 15) is 18.5 Å². The van der Waals surface area contributed by atoms with Crippen LogP contribution in [0.1, 0.15) is 13.3 Å². The molecule has 1 aromatic rings. The van der Waals surface area contributed by atoms with E-state index in [-0.39, 0.29) is 21.5 Å². The summed E-state index contributed by atoms with van der Waals surface area (Å²) in [4.78, 5) is 9.90. The summed E-state index contributed by atoms with van der Waals surface area (Å²) in [7, 11) is -2.47. The Morgan fingerprint density at radius 2 is 2.21 bits per heavy atom. The number of rotatable bonds is 6. The van der Waals surface area contributed by atoms with Crippen molar-refractivity contribution in [1.29, 1.82) is 0 Å². The second-order valence-electron chi connectivity index (χ2n) is 3.95. The summed E-state index contributed by atoms with van der Waals surface area (Å²) < 4.78 is 24.9. The van der Waals surface area contributed by atoms with E-state index in [2.05, 4.69) is 0 Å². The molecule has 1 heterocycles. The number of nitro groups is 1. The Morgan fingerprint density at radius 1 is 1.63 bits per heavy atom. The molecule has 0 amide bonds. The van der Waals surface area contributed by atoms with Gasteiger partial charge in [-0.05, 0) is 13.3 Å². The molecule has 0 aromatic carbocycles. The van der Waals surface area contributed by atoms with E-state index in [4.69, 9.17) is 16.7 Å². The highest BCUT2D eigenvalue weighted by Crippen LogP contribution is 2.37. The Balaban J connectivity index is 3.00. The van der Waals surface area contributed by atoms with Crippen LogP contribution < -0.4 is 0 Å². The lowest BCUT2D eigenvalue weighted by atomic mass is 10.3. The number of hydrogen-bond donors (Lipinski definition) is 1. The molecule has 1 N–H and O–H groups in total. The molecule has 0 aliphatic heterocycles. The van der Waals surface area contributed by atoms with Crippen molar-refractivity contribution in [2.24, 2.45) is 0 Å². The Hall–Kier alpha value is -0.740. The number of sulfonamides is 1. The van der Waals surface area contributed by atoms with Gasteiger partial charge >= 0.3 is 0 Å². The van der Waals surface area contributed by atoms with Gasteiger partial charge in [-0.15, -0.1) is 11.3 Å². The summed E-state index contributed by atoms with van der Waals surface area (Å²) in [6.45, 7) is 1.66. The minimum absolute atomic E-state index is 0.114. The van der Waals surface area contributed by atoms with Crippen LogP contribution in [0.3, 0.4) is 0 Å². The van der Waals surface area contributed by atoms with Crippen molar-refractivity contribution >= 4 is 38.6 Å². The highest BCUT2D eigenvalue weighted by Gasteiger charge is 2.28. The van der Waals surface area contributed by atoms with Gasteiger partial charge in [-0.2, -0.15) is 0 Å². The number of aliphatic hydroxyl groups is 1. The van der Waals surface area contributed by atoms with Crippen LogP contribution in [0.5, 0.6) is 0 Å². The maximum Gasteiger partial charge on any atom is 0.300 e. The molecule has 0 saturated heterocycles. The molecule has 1 rings (SSSR count). The SMILES string of the molecule is CC(O)CCN(C)S(=O)(=O)c1cc([N+](=O)[O-])c(Cl)s1. The monoisotopic (exact) mass is 328 g/mol. The molecule has 0 saturated carbocycles. The molecular formula is C9H13ClN2O5S2. The van der Waals surface area contributed by atoms with Gasteiger partial charge in [0, 0.05) is 19.7 Å². The fraction of sp³-hybridized carbons (Fsp3) is 0.556. The van der Waals surface area contributed by atoms with Crippen molar-refractivity contribution in [3.63, 3.8) is 0 Å². The van der Waals surface area contributed by atoms with E-state index in [1.807, 2.05) is 0 Å². The first-order chi connectivity index (χ1) is 8.66. The zero-order valence-corrected chi connectivity index (χ0v) is 12.6. The molecule has 10 heteroatoms. The van der Waals surface area contributed by atoms with Crippen LogP contribution in [0.4, 0.5) is 5.69 Å². The van der Waals surface area contributed by atoms with Crippen molar-refractivity contribution in [3.8, 4) is 0 Å². The summed E-state index contributed by atoms with van der Waals surface area (Å²) >= 11 is 6.28. The highest BCUT2D eigenvalue weighted by molar-refractivity contribution is 7.91. The van der Waals surface area contributed by atoms with Gasteiger partial charge in [-0.25, -0.2) is 12.7 Å². The molecular weight excluding hydrogens is 316 g/mol. The predicted octanol–water partition coefficient (Wildman–Crippen LogP) is 1.70. The second-order valence-corrected chi connectivity index (χ2v) is 7.87. The highest BCUT2D eigenvalue weighted by atomic mass is 35.5. The first-order valence-electron chi connectivity index (χ1n) is 5.24. The summed E-state index contributed by atoms with van der Waals surface area (Å²) in [6, 6.07) is 0.946. The van der Waals surface area contributed by atoms with E-state index < -0.39 is 26.7 Å². The van der Waals surface area contributed by atoms with E-state index in [1.165, 1.54) is 7.05 Å². The Labute approximate surface area is 119 Å². The smallest absolute Gasteiger partial charge is 0.300 e. The topological polar surface area (TPSA) is 101 Å². The number of hydrogen-bond acceptors (Lipinski definition) is 6. The van der Waals surface area contributed by atoms with Gasteiger partial charge in [0.2, 0.25) is 0 Å². The second kappa shape index (κ2) is 6.14. The molecule has 1 unspecified atom stereocenters. The maximum atomic E-state index is 12.1. The van der Waals surface area contributed by atoms with Crippen LogP contribution in [0, 0.1) is 10.1 Å². The Morgan fingerprint density at radius 3 is 2.63 bits per heavy atom. The number of halogens is 1. The third-order valence-corrected chi connectivity index (χ3v) is 6.01. The quantitative estimate of drug-likeness (QED) is 0.632. The fourth-order valence-electron chi connectivity index (χ4n) is 1.23. The van der Waals surface area contributed by atoms with Crippen LogP contribution in [0.2, 0.25) is 4.34 Å². The van der Waals surface area contributed by atoms with Crippen molar-refractivity contribution in [1.82, 2.24) is 4.31 Å². The van der Waals surface area contributed by atoms with Gasteiger partial charge in [0.1, 0.15) is 4.21 Å². The van der Waals surface area contributed by atoms with Crippen molar-refractivity contribution in [2.75, 3.05) is 13.6 Å². The predicted molar refractivity (Wildman–Crippen MR) is 72.1 cm³/mol. The van der Waals surface area contributed by atoms with Crippen LogP contribution in [0.25, 0.3) is 0 Å². The van der Waals surface area contributed by atoms with Crippen molar-refractivity contribution in [2.45, 2.75) is 23.7 Å². The zero-order valence-electron chi connectivity index (χ0n) is 10.2. The van der Waals surface area contributed by atoms with Gasteiger partial charge in [-0.3, -0.25) is 10.1 Å². The van der Waals surface area contributed by atoms with Crippen LogP contribution in [0.15, 0.2) is 10.3 Å². The molecule has 0 spiro atoms. The van der Waals surface area contributed by atoms with E-state index >= 15 is 0 Å². The molecule has 19 heavy (non-hydrogen) atoms. The third-order valence-electron chi connectivity index (χ3n) is 2.37. The first-order valence-corrected chi connectivity index (χ1v) is 7.88. The van der Waals surface area contributed by atoms with Gasteiger partial charge < -0.3 is 5.11 Å². The summed E-state index contributed by atoms with van der Waals surface area (Å²) in [5.41, 5.74) is -0.422. The van der Waals surface area contributed by atoms with Crippen molar-refractivity contribution < 1.29 is 18.4 Å². The number of nitrogens with zero attached hydrogens (tertiary/aromatic N) is 2. The van der Waals surface area contributed by atoms with E-state index in [0.717, 1.165) is 10.4 Å². The first kappa shape index (κ1) is 16.3. The van der Waals surface area contributed by atoms with E-state index in [0.29, 0.717) is 11.3 Å². The van der Waals surface area contributed by atoms with Gasteiger partial charge in [0.25, 0.3) is 15.7 Å². The fourth-order valence-corrected chi connectivity index (χ4v) is 4.29. The number of thiophene rings is 1.